The maximum Gasteiger partial charge on any atom is 0.319 e. The van der Waals surface area contributed by atoms with Gasteiger partial charge in [-0.05, 0) is 43.9 Å². The molecule has 0 aromatic heterocycles. The number of carbonyl (C=O) groups is 1. The van der Waals surface area contributed by atoms with Gasteiger partial charge in [-0.2, -0.15) is 0 Å². The van der Waals surface area contributed by atoms with Crippen molar-refractivity contribution in [2.75, 3.05) is 5.32 Å². The number of anilines is 1. The van der Waals surface area contributed by atoms with Crippen LogP contribution in [0, 0.1) is 0 Å². The van der Waals surface area contributed by atoms with E-state index in [1.807, 2.05) is 32.0 Å². The van der Waals surface area contributed by atoms with Crippen molar-refractivity contribution in [1.82, 2.24) is 5.32 Å². The zero-order valence-electron chi connectivity index (χ0n) is 11.1. The third-order valence-corrected chi connectivity index (χ3v) is 2.75. The summed E-state index contributed by atoms with van der Waals surface area (Å²) < 4.78 is 0. The van der Waals surface area contributed by atoms with E-state index < -0.39 is 0 Å². The standard InChI is InChI=1S/C14H22N2O/c1-5-11(4)12-7-6-8-13(9-12)16-14(17)15-10(2)3/h6-11H,5H2,1-4H3,(H2,15,16,17). The highest BCUT2D eigenvalue weighted by Crippen LogP contribution is 2.21. The Morgan fingerprint density at radius 1 is 1.29 bits per heavy atom. The molecule has 1 aromatic carbocycles. The van der Waals surface area contributed by atoms with Crippen LogP contribution in [-0.4, -0.2) is 12.1 Å². The minimum absolute atomic E-state index is 0.146. The SMILES string of the molecule is CCC(C)c1cccc(NC(=O)NC(C)C)c1. The van der Waals surface area contributed by atoms with Gasteiger partial charge in [-0.3, -0.25) is 0 Å². The van der Waals surface area contributed by atoms with Gasteiger partial charge in [-0.25, -0.2) is 4.79 Å². The van der Waals surface area contributed by atoms with Crippen LogP contribution < -0.4 is 10.6 Å². The van der Waals surface area contributed by atoms with Crippen LogP contribution in [-0.2, 0) is 0 Å². The molecule has 0 heterocycles. The molecule has 0 saturated carbocycles. The van der Waals surface area contributed by atoms with E-state index in [-0.39, 0.29) is 12.1 Å². The summed E-state index contributed by atoms with van der Waals surface area (Å²) >= 11 is 0. The number of hydrogen-bond donors (Lipinski definition) is 2. The van der Waals surface area contributed by atoms with Crippen molar-refractivity contribution in [3.63, 3.8) is 0 Å². The average molecular weight is 234 g/mol. The summed E-state index contributed by atoms with van der Waals surface area (Å²) in [5.41, 5.74) is 2.11. The molecule has 0 bridgehead atoms. The number of benzene rings is 1. The summed E-state index contributed by atoms with van der Waals surface area (Å²) in [7, 11) is 0. The second-order valence-corrected chi connectivity index (χ2v) is 4.69. The Bertz CT molecular complexity index is 374. The van der Waals surface area contributed by atoms with E-state index >= 15 is 0 Å². The van der Waals surface area contributed by atoms with Crippen LogP contribution in [0.5, 0.6) is 0 Å². The normalized spacial score (nSPS) is 12.3. The van der Waals surface area contributed by atoms with Gasteiger partial charge in [0.25, 0.3) is 0 Å². The lowest BCUT2D eigenvalue weighted by Gasteiger charge is -2.13. The molecule has 3 heteroatoms. The molecule has 0 aliphatic carbocycles. The summed E-state index contributed by atoms with van der Waals surface area (Å²) in [5, 5.41) is 5.65. The van der Waals surface area contributed by atoms with Gasteiger partial charge in [0.15, 0.2) is 0 Å². The van der Waals surface area contributed by atoms with Gasteiger partial charge in [-0.1, -0.05) is 26.0 Å². The van der Waals surface area contributed by atoms with E-state index in [0.29, 0.717) is 5.92 Å². The van der Waals surface area contributed by atoms with Crippen molar-refractivity contribution in [2.45, 2.75) is 46.1 Å². The smallest absolute Gasteiger partial charge is 0.319 e. The summed E-state index contributed by atoms with van der Waals surface area (Å²) in [6.07, 6.45) is 1.10. The van der Waals surface area contributed by atoms with E-state index in [1.54, 1.807) is 0 Å². The third-order valence-electron chi connectivity index (χ3n) is 2.75. The van der Waals surface area contributed by atoms with Gasteiger partial charge in [0.2, 0.25) is 0 Å². The number of hydrogen-bond acceptors (Lipinski definition) is 1. The summed E-state index contributed by atoms with van der Waals surface area (Å²) in [4.78, 5) is 11.6. The van der Waals surface area contributed by atoms with Crippen LogP contribution in [0.15, 0.2) is 24.3 Å². The first-order valence-corrected chi connectivity index (χ1v) is 6.20. The molecule has 0 radical (unpaired) electrons. The third kappa shape index (κ3) is 4.47. The summed E-state index contributed by atoms with van der Waals surface area (Å²) in [6.45, 7) is 8.23. The number of carbonyl (C=O) groups excluding carboxylic acids is 1. The van der Waals surface area contributed by atoms with Crippen LogP contribution in [0.4, 0.5) is 10.5 Å². The fourth-order valence-electron chi connectivity index (χ4n) is 1.59. The predicted octanol–water partition coefficient (Wildman–Crippen LogP) is 3.73. The van der Waals surface area contributed by atoms with E-state index in [9.17, 15) is 4.79 Å². The van der Waals surface area contributed by atoms with Crippen LogP contribution in [0.25, 0.3) is 0 Å². The molecular formula is C14H22N2O. The van der Waals surface area contributed by atoms with E-state index in [2.05, 4.69) is 30.5 Å². The second-order valence-electron chi connectivity index (χ2n) is 4.69. The Hall–Kier alpha value is -1.51. The second kappa shape index (κ2) is 6.28. The molecule has 0 saturated heterocycles. The van der Waals surface area contributed by atoms with Crippen LogP contribution in [0.3, 0.4) is 0 Å². The molecule has 0 aliphatic heterocycles. The fraction of sp³-hybridized carbons (Fsp3) is 0.500. The number of rotatable bonds is 4. The first kappa shape index (κ1) is 13.6. The first-order chi connectivity index (χ1) is 8.02. The molecule has 17 heavy (non-hydrogen) atoms. The molecular weight excluding hydrogens is 212 g/mol. The lowest BCUT2D eigenvalue weighted by molar-refractivity contribution is 0.250. The molecule has 1 aromatic rings. The molecule has 0 aliphatic rings. The van der Waals surface area contributed by atoms with E-state index in [0.717, 1.165) is 12.1 Å². The van der Waals surface area contributed by atoms with Crippen LogP contribution >= 0.6 is 0 Å². The first-order valence-electron chi connectivity index (χ1n) is 6.20. The van der Waals surface area contributed by atoms with Crippen molar-refractivity contribution in [1.29, 1.82) is 0 Å². The van der Waals surface area contributed by atoms with Crippen molar-refractivity contribution in [3.05, 3.63) is 29.8 Å². The maximum atomic E-state index is 11.6. The molecule has 1 unspecified atom stereocenters. The Balaban J connectivity index is 2.69. The monoisotopic (exact) mass is 234 g/mol. The minimum atomic E-state index is -0.152. The molecule has 94 valence electrons. The van der Waals surface area contributed by atoms with Crippen LogP contribution in [0.2, 0.25) is 0 Å². The largest absolute Gasteiger partial charge is 0.336 e. The minimum Gasteiger partial charge on any atom is -0.336 e. The van der Waals surface area contributed by atoms with E-state index in [4.69, 9.17) is 0 Å². The Kier molecular flexibility index (Phi) is 5.01. The van der Waals surface area contributed by atoms with Crippen molar-refractivity contribution in [3.8, 4) is 0 Å². The van der Waals surface area contributed by atoms with Crippen molar-refractivity contribution < 1.29 is 4.79 Å². The Morgan fingerprint density at radius 3 is 2.59 bits per heavy atom. The number of urea groups is 1. The highest BCUT2D eigenvalue weighted by molar-refractivity contribution is 5.89. The van der Waals surface area contributed by atoms with E-state index in [1.165, 1.54) is 5.56 Å². The maximum absolute atomic E-state index is 11.6. The zero-order valence-corrected chi connectivity index (χ0v) is 11.1. The molecule has 1 atom stereocenters. The van der Waals surface area contributed by atoms with Gasteiger partial charge in [0, 0.05) is 11.7 Å². The molecule has 0 fully saturated rings. The highest BCUT2D eigenvalue weighted by Gasteiger charge is 2.06. The van der Waals surface area contributed by atoms with Crippen molar-refractivity contribution in [2.24, 2.45) is 0 Å². The number of nitrogens with one attached hydrogen (secondary N) is 2. The molecule has 2 amide bonds. The molecule has 0 spiro atoms. The zero-order chi connectivity index (χ0) is 12.8. The Morgan fingerprint density at radius 2 is 2.00 bits per heavy atom. The average Bonchev–Trinajstić information content (AvgIpc) is 2.27. The number of amides is 2. The summed E-state index contributed by atoms with van der Waals surface area (Å²) in [6, 6.07) is 8.01. The summed E-state index contributed by atoms with van der Waals surface area (Å²) in [5.74, 6) is 0.518. The predicted molar refractivity (Wildman–Crippen MR) is 72.4 cm³/mol. The highest BCUT2D eigenvalue weighted by atomic mass is 16.2. The fourth-order valence-corrected chi connectivity index (χ4v) is 1.59. The van der Waals surface area contributed by atoms with Gasteiger partial charge in [0.05, 0.1) is 0 Å². The lowest BCUT2D eigenvalue weighted by Crippen LogP contribution is -2.34. The lowest BCUT2D eigenvalue weighted by atomic mass is 9.98. The molecule has 1 rings (SSSR count). The van der Waals surface area contributed by atoms with Crippen molar-refractivity contribution >= 4 is 11.7 Å². The topological polar surface area (TPSA) is 41.1 Å². The van der Waals surface area contributed by atoms with Crippen LogP contribution in [0.1, 0.15) is 45.6 Å². The van der Waals surface area contributed by atoms with Gasteiger partial charge >= 0.3 is 6.03 Å². The quantitative estimate of drug-likeness (QED) is 0.818. The van der Waals surface area contributed by atoms with Gasteiger partial charge in [0.1, 0.15) is 0 Å². The molecule has 3 nitrogen and oxygen atoms in total. The molecule has 2 N–H and O–H groups in total. The Labute approximate surface area is 104 Å². The van der Waals surface area contributed by atoms with Gasteiger partial charge in [-0.15, -0.1) is 0 Å². The van der Waals surface area contributed by atoms with Gasteiger partial charge < -0.3 is 10.6 Å².